The van der Waals surface area contributed by atoms with Crippen LogP contribution in [0, 0.1) is 11.8 Å². The molecule has 0 spiro atoms. The normalized spacial score (nSPS) is 12.8. The van der Waals surface area contributed by atoms with E-state index in [0.29, 0.717) is 12.3 Å². The molecule has 0 aromatic heterocycles. The molecule has 4 heteroatoms. The van der Waals surface area contributed by atoms with E-state index in [1.54, 1.807) is 0 Å². The second kappa shape index (κ2) is 6.40. The van der Waals surface area contributed by atoms with Gasteiger partial charge in [-0.25, -0.2) is 0 Å². The molecule has 0 bridgehead atoms. The topological polar surface area (TPSA) is 74.6 Å². The van der Waals surface area contributed by atoms with Crippen molar-refractivity contribution in [3.63, 3.8) is 0 Å². The Morgan fingerprint density at radius 3 is 2.00 bits per heavy atom. The highest BCUT2D eigenvalue weighted by Crippen LogP contribution is 2.15. The molecule has 0 radical (unpaired) electrons. The average molecular weight is 202 g/mol. The van der Waals surface area contributed by atoms with Gasteiger partial charge >= 0.3 is 11.9 Å². The molecule has 0 aliphatic rings. The number of carbonyl (C=O) groups is 2. The van der Waals surface area contributed by atoms with E-state index >= 15 is 0 Å². The molecular weight excluding hydrogens is 184 g/mol. The van der Waals surface area contributed by atoms with Gasteiger partial charge in [0.05, 0.1) is 0 Å². The van der Waals surface area contributed by atoms with Gasteiger partial charge in [-0.05, 0) is 12.3 Å². The van der Waals surface area contributed by atoms with Crippen LogP contribution < -0.4 is 0 Å². The highest BCUT2D eigenvalue weighted by atomic mass is 16.4. The molecule has 82 valence electrons. The molecule has 0 heterocycles. The predicted molar refractivity (Wildman–Crippen MR) is 52.1 cm³/mol. The minimum atomic E-state index is -1.24. The van der Waals surface area contributed by atoms with Gasteiger partial charge in [0.25, 0.3) is 0 Å². The molecule has 1 unspecified atom stereocenters. The quantitative estimate of drug-likeness (QED) is 0.619. The van der Waals surface area contributed by atoms with Gasteiger partial charge in [0.15, 0.2) is 5.92 Å². The molecule has 0 aromatic carbocycles. The van der Waals surface area contributed by atoms with Crippen molar-refractivity contribution < 1.29 is 19.8 Å². The SMILES string of the molecule is CCC(C)CCCC(C(=O)O)C(=O)O. The Bertz CT molecular complexity index is 186. The fourth-order valence-corrected chi connectivity index (χ4v) is 1.23. The highest BCUT2D eigenvalue weighted by molar-refractivity contribution is 5.92. The van der Waals surface area contributed by atoms with E-state index in [4.69, 9.17) is 10.2 Å². The van der Waals surface area contributed by atoms with Gasteiger partial charge in [0.1, 0.15) is 0 Å². The third-order valence-corrected chi connectivity index (χ3v) is 2.48. The van der Waals surface area contributed by atoms with E-state index in [1.165, 1.54) is 0 Å². The van der Waals surface area contributed by atoms with E-state index in [-0.39, 0.29) is 6.42 Å². The number of hydrogen-bond donors (Lipinski definition) is 2. The molecule has 0 aliphatic carbocycles. The summed E-state index contributed by atoms with van der Waals surface area (Å²) in [6.07, 6.45) is 2.84. The maximum atomic E-state index is 10.5. The largest absolute Gasteiger partial charge is 0.481 e. The molecule has 0 saturated heterocycles. The standard InChI is InChI=1S/C10H18O4/c1-3-7(2)5-4-6-8(9(11)12)10(13)14/h7-8H,3-6H2,1-2H3,(H,11,12)(H,13,14). The molecule has 1 atom stereocenters. The Morgan fingerprint density at radius 1 is 1.14 bits per heavy atom. The van der Waals surface area contributed by atoms with Crippen LogP contribution in [0.3, 0.4) is 0 Å². The van der Waals surface area contributed by atoms with Crippen LogP contribution in [0.5, 0.6) is 0 Å². The van der Waals surface area contributed by atoms with Gasteiger partial charge in [-0.2, -0.15) is 0 Å². The third kappa shape index (κ3) is 4.84. The van der Waals surface area contributed by atoms with Crippen LogP contribution in [-0.4, -0.2) is 22.2 Å². The van der Waals surface area contributed by atoms with Crippen LogP contribution in [0.1, 0.15) is 39.5 Å². The highest BCUT2D eigenvalue weighted by Gasteiger charge is 2.24. The summed E-state index contributed by atoms with van der Waals surface area (Å²) in [5.74, 6) is -3.17. The fraction of sp³-hybridized carbons (Fsp3) is 0.800. The monoisotopic (exact) mass is 202 g/mol. The van der Waals surface area contributed by atoms with Gasteiger partial charge in [-0.15, -0.1) is 0 Å². The van der Waals surface area contributed by atoms with Crippen molar-refractivity contribution >= 4 is 11.9 Å². The summed E-state index contributed by atoms with van der Waals surface area (Å²) >= 11 is 0. The first-order chi connectivity index (χ1) is 6.49. The first-order valence-electron chi connectivity index (χ1n) is 4.94. The Kier molecular flexibility index (Phi) is 5.92. The zero-order valence-corrected chi connectivity index (χ0v) is 8.69. The van der Waals surface area contributed by atoms with E-state index < -0.39 is 17.9 Å². The molecule has 2 N–H and O–H groups in total. The summed E-state index contributed by atoms with van der Waals surface area (Å²) < 4.78 is 0. The van der Waals surface area contributed by atoms with Crippen molar-refractivity contribution in [3.8, 4) is 0 Å². The van der Waals surface area contributed by atoms with Crippen LogP contribution in [0.4, 0.5) is 0 Å². The first-order valence-corrected chi connectivity index (χ1v) is 4.94. The summed E-state index contributed by atoms with van der Waals surface area (Å²) in [6.45, 7) is 4.15. The lowest BCUT2D eigenvalue weighted by Gasteiger charge is -2.10. The number of carboxylic acids is 2. The molecule has 0 amide bonds. The Morgan fingerprint density at radius 2 is 1.64 bits per heavy atom. The van der Waals surface area contributed by atoms with Gasteiger partial charge in [-0.3, -0.25) is 9.59 Å². The number of rotatable bonds is 7. The molecule has 0 aliphatic heterocycles. The average Bonchev–Trinajstić information content (AvgIpc) is 2.10. The molecule has 0 saturated carbocycles. The van der Waals surface area contributed by atoms with Crippen LogP contribution >= 0.6 is 0 Å². The van der Waals surface area contributed by atoms with E-state index in [2.05, 4.69) is 13.8 Å². The molecule has 0 aromatic rings. The van der Waals surface area contributed by atoms with Gasteiger partial charge in [0, 0.05) is 0 Å². The summed E-state index contributed by atoms with van der Waals surface area (Å²) in [5, 5.41) is 17.2. The fourth-order valence-electron chi connectivity index (χ4n) is 1.23. The Hall–Kier alpha value is -1.06. The zero-order chi connectivity index (χ0) is 11.1. The smallest absolute Gasteiger partial charge is 0.317 e. The Balaban J connectivity index is 3.84. The van der Waals surface area contributed by atoms with Gasteiger partial charge < -0.3 is 10.2 Å². The maximum Gasteiger partial charge on any atom is 0.317 e. The maximum absolute atomic E-state index is 10.5. The van der Waals surface area contributed by atoms with Gasteiger partial charge in [0.2, 0.25) is 0 Å². The molecule has 14 heavy (non-hydrogen) atoms. The number of hydrogen-bond acceptors (Lipinski definition) is 2. The van der Waals surface area contributed by atoms with E-state index in [1.807, 2.05) is 0 Å². The Labute approximate surface area is 83.9 Å². The lowest BCUT2D eigenvalue weighted by atomic mass is 9.96. The van der Waals surface area contributed by atoms with Crippen molar-refractivity contribution in [2.45, 2.75) is 39.5 Å². The van der Waals surface area contributed by atoms with Crippen LogP contribution in [0.15, 0.2) is 0 Å². The van der Waals surface area contributed by atoms with Crippen molar-refractivity contribution in [3.05, 3.63) is 0 Å². The number of aliphatic carboxylic acids is 2. The van der Waals surface area contributed by atoms with Crippen molar-refractivity contribution in [2.75, 3.05) is 0 Å². The van der Waals surface area contributed by atoms with Crippen molar-refractivity contribution in [1.82, 2.24) is 0 Å². The lowest BCUT2D eigenvalue weighted by molar-refractivity contribution is -0.154. The van der Waals surface area contributed by atoms with Crippen LogP contribution in [-0.2, 0) is 9.59 Å². The minimum absolute atomic E-state index is 0.231. The van der Waals surface area contributed by atoms with Crippen LogP contribution in [0.2, 0.25) is 0 Å². The summed E-state index contributed by atoms with van der Waals surface area (Å²) in [5.41, 5.74) is 0. The first kappa shape index (κ1) is 12.9. The van der Waals surface area contributed by atoms with Crippen molar-refractivity contribution in [1.29, 1.82) is 0 Å². The number of carboxylic acid groups (broad SMARTS) is 2. The van der Waals surface area contributed by atoms with Crippen molar-refractivity contribution in [2.24, 2.45) is 11.8 Å². The van der Waals surface area contributed by atoms with E-state index in [0.717, 1.165) is 12.8 Å². The van der Waals surface area contributed by atoms with Crippen LogP contribution in [0.25, 0.3) is 0 Å². The summed E-state index contributed by atoms with van der Waals surface area (Å²) in [7, 11) is 0. The zero-order valence-electron chi connectivity index (χ0n) is 8.69. The molecule has 0 fully saturated rings. The second-order valence-electron chi connectivity index (χ2n) is 3.67. The molecule has 4 nitrogen and oxygen atoms in total. The lowest BCUT2D eigenvalue weighted by Crippen LogP contribution is -2.23. The molecule has 0 rings (SSSR count). The third-order valence-electron chi connectivity index (χ3n) is 2.48. The minimum Gasteiger partial charge on any atom is -0.481 e. The molecular formula is C10H18O4. The second-order valence-corrected chi connectivity index (χ2v) is 3.67. The predicted octanol–water partition coefficient (Wildman–Crippen LogP) is 1.99. The summed E-state index contributed by atoms with van der Waals surface area (Å²) in [6, 6.07) is 0. The van der Waals surface area contributed by atoms with Gasteiger partial charge in [-0.1, -0.05) is 33.1 Å². The summed E-state index contributed by atoms with van der Waals surface area (Å²) in [4.78, 5) is 21.0. The van der Waals surface area contributed by atoms with E-state index in [9.17, 15) is 9.59 Å².